The second kappa shape index (κ2) is 9.61. The molecule has 2 N–H and O–H groups in total. The van der Waals surface area contributed by atoms with E-state index in [-0.39, 0.29) is 25.1 Å². The summed E-state index contributed by atoms with van der Waals surface area (Å²) in [7, 11) is 1.53. The molecule has 0 aliphatic carbocycles. The van der Waals surface area contributed by atoms with Gasteiger partial charge in [-0.2, -0.15) is 0 Å². The summed E-state index contributed by atoms with van der Waals surface area (Å²) in [5, 5.41) is 12.9. The number of methoxy groups -OCH3 is 1. The van der Waals surface area contributed by atoms with Crippen LogP contribution in [0.25, 0.3) is 0 Å². The Morgan fingerprint density at radius 3 is 2.68 bits per heavy atom. The Kier molecular flexibility index (Phi) is 7.50. The highest BCUT2D eigenvalue weighted by Gasteiger charge is 2.14. The first-order valence-electron chi connectivity index (χ1n) is 8.15. The molecule has 0 aromatic heterocycles. The second-order valence-electron chi connectivity index (χ2n) is 5.66. The maximum atomic E-state index is 13.7. The first-order valence-corrected chi connectivity index (χ1v) is 8.53. The zero-order chi connectivity index (χ0) is 18.2. The van der Waals surface area contributed by atoms with Gasteiger partial charge in [0.15, 0.2) is 11.5 Å². The fourth-order valence-electron chi connectivity index (χ4n) is 2.38. The van der Waals surface area contributed by atoms with Crippen molar-refractivity contribution in [1.82, 2.24) is 5.32 Å². The second-order valence-corrected chi connectivity index (χ2v) is 6.06. The molecular formula is C19H23ClFNO3. The number of halogens is 2. The third-order valence-electron chi connectivity index (χ3n) is 3.93. The number of rotatable bonds is 9. The highest BCUT2D eigenvalue weighted by Crippen LogP contribution is 2.37. The lowest BCUT2D eigenvalue weighted by molar-refractivity contribution is 0.238. The first kappa shape index (κ1) is 19.5. The van der Waals surface area contributed by atoms with E-state index in [1.165, 1.54) is 13.2 Å². The van der Waals surface area contributed by atoms with E-state index in [1.54, 1.807) is 24.3 Å². The van der Waals surface area contributed by atoms with Gasteiger partial charge in [-0.1, -0.05) is 36.7 Å². The zero-order valence-corrected chi connectivity index (χ0v) is 15.1. The summed E-state index contributed by atoms with van der Waals surface area (Å²) in [5.74, 6) is 0.538. The van der Waals surface area contributed by atoms with Gasteiger partial charge in [0.25, 0.3) is 0 Å². The van der Waals surface area contributed by atoms with E-state index in [0.29, 0.717) is 28.6 Å². The minimum Gasteiger partial charge on any atom is -0.493 e. The molecule has 2 rings (SSSR count). The van der Waals surface area contributed by atoms with Crippen LogP contribution in [0.15, 0.2) is 36.4 Å². The van der Waals surface area contributed by atoms with Crippen LogP contribution in [0.2, 0.25) is 5.02 Å². The molecule has 0 aliphatic heterocycles. The number of hydrogen-bond donors (Lipinski definition) is 2. The van der Waals surface area contributed by atoms with Gasteiger partial charge < -0.3 is 19.9 Å². The Morgan fingerprint density at radius 2 is 2.04 bits per heavy atom. The normalized spacial score (nSPS) is 12.0. The van der Waals surface area contributed by atoms with E-state index in [9.17, 15) is 9.50 Å². The molecule has 4 nitrogen and oxygen atoms in total. The molecule has 0 saturated heterocycles. The smallest absolute Gasteiger partial charge is 0.180 e. The van der Waals surface area contributed by atoms with Gasteiger partial charge in [0.1, 0.15) is 12.4 Å². The summed E-state index contributed by atoms with van der Waals surface area (Å²) < 4.78 is 24.8. The summed E-state index contributed by atoms with van der Waals surface area (Å²) in [6, 6.07) is 10.1. The summed E-state index contributed by atoms with van der Waals surface area (Å²) in [5.41, 5.74) is 1.35. The number of hydrogen-bond acceptors (Lipinski definition) is 4. The molecule has 6 heteroatoms. The Bertz CT molecular complexity index is 692. The molecule has 0 bridgehead atoms. The van der Waals surface area contributed by atoms with Crippen molar-refractivity contribution in [2.75, 3.05) is 13.7 Å². The Morgan fingerprint density at radius 1 is 1.28 bits per heavy atom. The van der Waals surface area contributed by atoms with Gasteiger partial charge >= 0.3 is 0 Å². The summed E-state index contributed by atoms with van der Waals surface area (Å²) >= 11 is 6.33. The molecule has 0 saturated carbocycles. The van der Waals surface area contributed by atoms with Gasteiger partial charge in [0, 0.05) is 18.2 Å². The van der Waals surface area contributed by atoms with Gasteiger partial charge in [0.2, 0.25) is 0 Å². The summed E-state index contributed by atoms with van der Waals surface area (Å²) in [6.07, 6.45) is 0.825. The Hall–Kier alpha value is -1.82. The molecule has 0 radical (unpaired) electrons. The van der Waals surface area contributed by atoms with Gasteiger partial charge in [-0.15, -0.1) is 0 Å². The molecule has 0 amide bonds. The van der Waals surface area contributed by atoms with Crippen LogP contribution in [0.5, 0.6) is 11.5 Å². The van der Waals surface area contributed by atoms with Crippen molar-refractivity contribution in [1.29, 1.82) is 0 Å². The highest BCUT2D eigenvalue weighted by atomic mass is 35.5. The average Bonchev–Trinajstić information content (AvgIpc) is 2.62. The maximum absolute atomic E-state index is 13.7. The quantitative estimate of drug-likeness (QED) is 0.705. The first-order chi connectivity index (χ1) is 12.1. The largest absolute Gasteiger partial charge is 0.493 e. The van der Waals surface area contributed by atoms with Crippen LogP contribution in [0.1, 0.15) is 24.5 Å². The number of aliphatic hydroxyl groups excluding tert-OH is 1. The number of aliphatic hydroxyl groups is 1. The van der Waals surface area contributed by atoms with Gasteiger partial charge in [-0.25, -0.2) is 4.39 Å². The van der Waals surface area contributed by atoms with Crippen molar-refractivity contribution in [3.05, 3.63) is 58.4 Å². The number of benzene rings is 2. The lowest BCUT2D eigenvalue weighted by Gasteiger charge is -2.17. The molecule has 1 atom stereocenters. The van der Waals surface area contributed by atoms with Crippen LogP contribution < -0.4 is 14.8 Å². The van der Waals surface area contributed by atoms with Crippen LogP contribution in [0, 0.1) is 5.82 Å². The fraction of sp³-hybridized carbons (Fsp3) is 0.368. The van der Waals surface area contributed by atoms with E-state index >= 15 is 0 Å². The van der Waals surface area contributed by atoms with Crippen molar-refractivity contribution in [3.8, 4) is 11.5 Å². The predicted octanol–water partition coefficient (Wildman–Crippen LogP) is 3.93. The Labute approximate surface area is 152 Å². The monoisotopic (exact) mass is 367 g/mol. The van der Waals surface area contributed by atoms with Crippen molar-refractivity contribution < 1.29 is 19.0 Å². The lowest BCUT2D eigenvalue weighted by atomic mass is 10.1. The van der Waals surface area contributed by atoms with Crippen LogP contribution in [-0.2, 0) is 13.2 Å². The van der Waals surface area contributed by atoms with E-state index in [2.05, 4.69) is 5.32 Å². The van der Waals surface area contributed by atoms with Crippen LogP contribution in [0.4, 0.5) is 4.39 Å². The van der Waals surface area contributed by atoms with Gasteiger partial charge in [0.05, 0.1) is 18.7 Å². The van der Waals surface area contributed by atoms with Gasteiger partial charge in [-0.05, 0) is 30.2 Å². The third kappa shape index (κ3) is 5.33. The highest BCUT2D eigenvalue weighted by molar-refractivity contribution is 6.32. The third-order valence-corrected chi connectivity index (χ3v) is 4.21. The molecule has 0 heterocycles. The van der Waals surface area contributed by atoms with E-state index in [4.69, 9.17) is 21.1 Å². The molecule has 136 valence electrons. The van der Waals surface area contributed by atoms with Crippen LogP contribution in [0.3, 0.4) is 0 Å². The van der Waals surface area contributed by atoms with Crippen LogP contribution >= 0.6 is 11.6 Å². The van der Waals surface area contributed by atoms with E-state index < -0.39 is 0 Å². The zero-order valence-electron chi connectivity index (χ0n) is 14.4. The minimum absolute atomic E-state index is 0.0294. The molecule has 2 aromatic carbocycles. The minimum atomic E-state index is -0.326. The lowest BCUT2D eigenvalue weighted by Crippen LogP contribution is -2.31. The van der Waals surface area contributed by atoms with Crippen LogP contribution in [-0.4, -0.2) is 24.9 Å². The predicted molar refractivity (Wildman–Crippen MR) is 96.7 cm³/mol. The van der Waals surface area contributed by atoms with Crippen molar-refractivity contribution in [2.45, 2.75) is 32.5 Å². The number of ether oxygens (including phenoxy) is 2. The van der Waals surface area contributed by atoms with Crippen molar-refractivity contribution in [3.63, 3.8) is 0 Å². The van der Waals surface area contributed by atoms with Gasteiger partial charge in [-0.3, -0.25) is 0 Å². The topological polar surface area (TPSA) is 50.7 Å². The van der Waals surface area contributed by atoms with Crippen molar-refractivity contribution in [2.24, 2.45) is 0 Å². The molecule has 0 aliphatic rings. The van der Waals surface area contributed by atoms with E-state index in [0.717, 1.165) is 12.0 Å². The maximum Gasteiger partial charge on any atom is 0.180 e. The summed E-state index contributed by atoms with van der Waals surface area (Å²) in [6.45, 7) is 2.68. The fourth-order valence-corrected chi connectivity index (χ4v) is 2.67. The van der Waals surface area contributed by atoms with E-state index in [1.807, 2.05) is 13.0 Å². The molecule has 2 aromatic rings. The summed E-state index contributed by atoms with van der Waals surface area (Å²) in [4.78, 5) is 0. The standard InChI is InChI=1S/C19H23ClFNO3/c1-3-15(11-23)22-10-13-8-16(20)19(18(9-13)24-2)25-12-14-6-4-5-7-17(14)21/h4-9,15,22-23H,3,10-12H2,1-2H3/t15-/m1/s1. The average molecular weight is 368 g/mol. The molecule has 25 heavy (non-hydrogen) atoms. The molecule has 0 unspecified atom stereocenters. The van der Waals surface area contributed by atoms with Crippen molar-refractivity contribution >= 4 is 11.6 Å². The SMILES string of the molecule is CC[C@H](CO)NCc1cc(Cl)c(OCc2ccccc2F)c(OC)c1. The molecular weight excluding hydrogens is 345 g/mol. The number of nitrogens with one attached hydrogen (secondary N) is 1. The molecule has 0 fully saturated rings. The molecule has 0 spiro atoms. The Balaban J connectivity index is 2.12.